The summed E-state index contributed by atoms with van der Waals surface area (Å²) in [5, 5.41) is 15.8. The zero-order valence-electron chi connectivity index (χ0n) is 9.87. The average molecular weight is 289 g/mol. The van der Waals surface area contributed by atoms with Crippen LogP contribution in [-0.2, 0) is 0 Å². The number of rotatable bonds is 4. The average Bonchev–Trinajstić information content (AvgIpc) is 2.19. The number of nitrogens with one attached hydrogen (secondary N) is 2. The Morgan fingerprint density at radius 2 is 2.12 bits per heavy atom. The maximum absolute atomic E-state index is 9.83. The van der Waals surface area contributed by atoms with Gasteiger partial charge in [0.25, 0.3) is 0 Å². The van der Waals surface area contributed by atoms with Crippen molar-refractivity contribution in [3.05, 3.63) is 10.7 Å². The summed E-state index contributed by atoms with van der Waals surface area (Å²) in [5.41, 5.74) is -0.815. The Kier molecular flexibility index (Phi) is 4.09. The van der Waals surface area contributed by atoms with Gasteiger partial charge in [-0.15, -0.1) is 0 Å². The van der Waals surface area contributed by atoms with Crippen molar-refractivity contribution >= 4 is 27.7 Å². The van der Waals surface area contributed by atoms with Crippen LogP contribution in [0.3, 0.4) is 0 Å². The molecule has 0 radical (unpaired) electrons. The first-order chi connectivity index (χ1) is 7.34. The lowest BCUT2D eigenvalue weighted by Gasteiger charge is -2.27. The van der Waals surface area contributed by atoms with Crippen molar-refractivity contribution in [3.8, 4) is 0 Å². The Hall–Kier alpha value is -0.880. The van der Waals surface area contributed by atoms with Crippen LogP contribution in [0.25, 0.3) is 0 Å². The first kappa shape index (κ1) is 13.2. The Morgan fingerprint density at radius 3 is 2.62 bits per heavy atom. The van der Waals surface area contributed by atoms with Crippen molar-refractivity contribution in [1.29, 1.82) is 0 Å². The van der Waals surface area contributed by atoms with E-state index in [0.29, 0.717) is 11.8 Å². The number of aliphatic hydroxyl groups is 1. The van der Waals surface area contributed by atoms with Gasteiger partial charge in [-0.3, -0.25) is 0 Å². The van der Waals surface area contributed by atoms with Crippen molar-refractivity contribution in [2.24, 2.45) is 0 Å². The minimum atomic E-state index is -0.815. The molecule has 90 valence electrons. The molecule has 0 amide bonds. The Morgan fingerprint density at radius 1 is 1.50 bits per heavy atom. The van der Waals surface area contributed by atoms with Crippen LogP contribution in [0.4, 0.5) is 11.8 Å². The maximum atomic E-state index is 9.83. The summed E-state index contributed by atoms with van der Waals surface area (Å²) in [4.78, 5) is 8.31. The molecule has 1 aromatic rings. The Bertz CT molecular complexity index is 364. The topological polar surface area (TPSA) is 70.1 Å². The monoisotopic (exact) mass is 288 g/mol. The van der Waals surface area contributed by atoms with Gasteiger partial charge in [0.15, 0.2) is 0 Å². The third kappa shape index (κ3) is 3.31. The summed E-state index contributed by atoms with van der Waals surface area (Å²) in [6.07, 6.45) is 1.66. The quantitative estimate of drug-likeness (QED) is 0.789. The van der Waals surface area contributed by atoms with Crippen LogP contribution in [-0.4, -0.2) is 33.8 Å². The number of halogens is 1. The Labute approximate surface area is 104 Å². The summed E-state index contributed by atoms with van der Waals surface area (Å²) >= 11 is 3.36. The highest BCUT2D eigenvalue weighted by Gasteiger charge is 2.23. The van der Waals surface area contributed by atoms with E-state index < -0.39 is 5.60 Å². The van der Waals surface area contributed by atoms with Crippen LogP contribution >= 0.6 is 15.9 Å². The highest BCUT2D eigenvalue weighted by atomic mass is 79.9. The first-order valence-electron chi connectivity index (χ1n) is 5.03. The van der Waals surface area contributed by atoms with E-state index in [9.17, 15) is 5.11 Å². The lowest BCUT2D eigenvalue weighted by Crippen LogP contribution is -2.39. The summed E-state index contributed by atoms with van der Waals surface area (Å²) in [6, 6.07) is -0.122. The van der Waals surface area contributed by atoms with Gasteiger partial charge < -0.3 is 15.7 Å². The number of nitrogens with zero attached hydrogens (tertiary/aromatic N) is 2. The molecular formula is C10H17BrN4O. The normalized spacial score (nSPS) is 13.4. The second kappa shape index (κ2) is 4.97. The second-order valence-electron chi connectivity index (χ2n) is 4.16. The molecule has 0 spiro atoms. The van der Waals surface area contributed by atoms with E-state index in [1.807, 2.05) is 6.92 Å². The molecule has 1 atom stereocenters. The van der Waals surface area contributed by atoms with E-state index in [0.717, 1.165) is 4.47 Å². The van der Waals surface area contributed by atoms with Crippen molar-refractivity contribution in [2.75, 3.05) is 17.7 Å². The number of hydrogen-bond acceptors (Lipinski definition) is 5. The highest BCUT2D eigenvalue weighted by Crippen LogP contribution is 2.22. The number of aromatic nitrogens is 2. The molecular weight excluding hydrogens is 272 g/mol. The van der Waals surface area contributed by atoms with Gasteiger partial charge in [0, 0.05) is 13.2 Å². The van der Waals surface area contributed by atoms with Gasteiger partial charge in [0.1, 0.15) is 5.82 Å². The van der Waals surface area contributed by atoms with Crippen LogP contribution in [0, 0.1) is 0 Å². The zero-order chi connectivity index (χ0) is 12.3. The molecule has 0 saturated heterocycles. The van der Waals surface area contributed by atoms with Crippen molar-refractivity contribution in [3.63, 3.8) is 0 Å². The molecule has 1 rings (SSSR count). The molecule has 6 heteroatoms. The molecule has 0 bridgehead atoms. The van der Waals surface area contributed by atoms with Gasteiger partial charge in [-0.05, 0) is 36.7 Å². The molecule has 1 heterocycles. The van der Waals surface area contributed by atoms with E-state index in [1.165, 1.54) is 0 Å². The first-order valence-corrected chi connectivity index (χ1v) is 5.83. The predicted octanol–water partition coefficient (Wildman–Crippen LogP) is 1.85. The number of anilines is 2. The van der Waals surface area contributed by atoms with Gasteiger partial charge in [-0.2, -0.15) is 4.98 Å². The molecule has 0 unspecified atom stereocenters. The summed E-state index contributed by atoms with van der Waals surface area (Å²) < 4.78 is 0.766. The fraction of sp³-hybridized carbons (Fsp3) is 0.600. The summed E-state index contributed by atoms with van der Waals surface area (Å²) in [7, 11) is 1.76. The SMILES string of the molecule is CNc1ncc(Br)c(N[C@H](C)C(C)(C)O)n1. The minimum absolute atomic E-state index is 0.122. The van der Waals surface area contributed by atoms with E-state index >= 15 is 0 Å². The molecule has 0 aromatic carbocycles. The molecule has 16 heavy (non-hydrogen) atoms. The zero-order valence-corrected chi connectivity index (χ0v) is 11.5. The van der Waals surface area contributed by atoms with Gasteiger partial charge in [-0.25, -0.2) is 4.98 Å². The standard InChI is InChI=1S/C10H17BrN4O/c1-6(10(2,3)16)14-8-7(11)5-13-9(12-4)15-8/h5-6,16H,1-4H3,(H2,12,13,14,15)/t6-/m1/s1. The van der Waals surface area contributed by atoms with E-state index in [2.05, 4.69) is 36.5 Å². The van der Waals surface area contributed by atoms with Gasteiger partial charge in [-0.1, -0.05) is 0 Å². The fourth-order valence-electron chi connectivity index (χ4n) is 0.970. The van der Waals surface area contributed by atoms with Crippen molar-refractivity contribution in [2.45, 2.75) is 32.4 Å². The molecule has 5 nitrogen and oxygen atoms in total. The molecule has 1 aromatic heterocycles. The summed E-state index contributed by atoms with van der Waals surface area (Å²) in [6.45, 7) is 5.39. The van der Waals surface area contributed by atoms with Crippen LogP contribution in [0.1, 0.15) is 20.8 Å². The predicted molar refractivity (Wildman–Crippen MR) is 68.7 cm³/mol. The van der Waals surface area contributed by atoms with Crippen LogP contribution in [0.15, 0.2) is 10.7 Å². The van der Waals surface area contributed by atoms with Crippen LogP contribution < -0.4 is 10.6 Å². The second-order valence-corrected chi connectivity index (χ2v) is 5.01. The summed E-state index contributed by atoms with van der Waals surface area (Å²) in [5.74, 6) is 1.20. The number of hydrogen-bond donors (Lipinski definition) is 3. The molecule has 0 aliphatic heterocycles. The van der Waals surface area contributed by atoms with Gasteiger partial charge in [0.05, 0.1) is 16.1 Å². The van der Waals surface area contributed by atoms with Gasteiger partial charge in [0.2, 0.25) is 5.95 Å². The molecule has 0 aliphatic carbocycles. The highest BCUT2D eigenvalue weighted by molar-refractivity contribution is 9.10. The van der Waals surface area contributed by atoms with Crippen molar-refractivity contribution < 1.29 is 5.11 Å². The Balaban J connectivity index is 2.88. The van der Waals surface area contributed by atoms with E-state index in [4.69, 9.17) is 0 Å². The lowest BCUT2D eigenvalue weighted by atomic mass is 10.0. The van der Waals surface area contributed by atoms with Crippen LogP contribution in [0.2, 0.25) is 0 Å². The van der Waals surface area contributed by atoms with Crippen molar-refractivity contribution in [1.82, 2.24) is 9.97 Å². The van der Waals surface area contributed by atoms with Crippen LogP contribution in [0.5, 0.6) is 0 Å². The largest absolute Gasteiger partial charge is 0.388 e. The maximum Gasteiger partial charge on any atom is 0.224 e. The fourth-order valence-corrected chi connectivity index (χ4v) is 1.28. The third-order valence-electron chi connectivity index (χ3n) is 2.38. The van der Waals surface area contributed by atoms with E-state index in [1.54, 1.807) is 27.1 Å². The van der Waals surface area contributed by atoms with E-state index in [-0.39, 0.29) is 6.04 Å². The van der Waals surface area contributed by atoms with Gasteiger partial charge >= 0.3 is 0 Å². The lowest BCUT2D eigenvalue weighted by molar-refractivity contribution is 0.0647. The molecule has 0 fully saturated rings. The molecule has 0 saturated carbocycles. The minimum Gasteiger partial charge on any atom is -0.388 e. The smallest absolute Gasteiger partial charge is 0.224 e. The molecule has 3 N–H and O–H groups in total. The third-order valence-corrected chi connectivity index (χ3v) is 2.96. The molecule has 0 aliphatic rings.